The Morgan fingerprint density at radius 3 is 2.44 bits per heavy atom. The zero-order chi connectivity index (χ0) is 19.4. The molecule has 1 atom stereocenters. The fourth-order valence-corrected chi connectivity index (χ4v) is 2.44. The number of para-hydroxylation sites is 1. The zero-order valence-corrected chi connectivity index (χ0v) is 14.2. The second-order valence-corrected chi connectivity index (χ2v) is 5.59. The first-order chi connectivity index (χ1) is 13.0. The Bertz CT molecular complexity index is 955. The van der Waals surface area contributed by atoms with Gasteiger partial charge in [-0.1, -0.05) is 30.3 Å². The maximum atomic E-state index is 12.7. The average Bonchev–Trinajstić information content (AvgIpc) is 2.95. The summed E-state index contributed by atoms with van der Waals surface area (Å²) in [6.45, 7) is 1.28. The molecule has 136 valence electrons. The number of nitrogens with one attached hydrogen (secondary N) is 1. The molecular weight excluding hydrogens is 350 g/mol. The first kappa shape index (κ1) is 17.9. The highest BCUT2D eigenvalue weighted by atomic mass is 16.4. The average molecular weight is 365 g/mol. The number of rotatable bonds is 4. The third-order valence-corrected chi connectivity index (χ3v) is 3.63. The van der Waals surface area contributed by atoms with E-state index in [-0.39, 0.29) is 17.1 Å². The van der Waals surface area contributed by atoms with Gasteiger partial charge in [0.05, 0.1) is 16.9 Å². The molecule has 0 fully saturated rings. The number of hydrogen-bond donors (Lipinski definition) is 2. The monoisotopic (exact) mass is 365 g/mol. The maximum absolute atomic E-state index is 12.7. The van der Waals surface area contributed by atoms with Gasteiger partial charge < -0.3 is 10.4 Å². The number of aromatic carboxylic acids is 1. The molecule has 1 aliphatic heterocycles. The van der Waals surface area contributed by atoms with Crippen LogP contribution < -0.4 is 10.3 Å². The first-order valence-corrected chi connectivity index (χ1v) is 7.95. The van der Waals surface area contributed by atoms with E-state index in [1.165, 1.54) is 19.1 Å². The van der Waals surface area contributed by atoms with Crippen LogP contribution in [0.15, 0.2) is 69.9 Å². The fourth-order valence-electron chi connectivity index (χ4n) is 2.44. The lowest BCUT2D eigenvalue weighted by Gasteiger charge is -2.11. The topological polar surface area (TPSA) is 124 Å². The highest BCUT2D eigenvalue weighted by Crippen LogP contribution is 2.24. The van der Waals surface area contributed by atoms with E-state index in [0.717, 1.165) is 5.01 Å². The minimum atomic E-state index is -1.18. The summed E-state index contributed by atoms with van der Waals surface area (Å²) in [5.74, 6) is -2.07. The van der Waals surface area contributed by atoms with Crippen molar-refractivity contribution in [3.05, 3.63) is 60.2 Å². The number of nitrogens with zero attached hydrogens (tertiary/aromatic N) is 4. The number of amides is 2. The number of hydrazone groups is 1. The Morgan fingerprint density at radius 2 is 1.78 bits per heavy atom. The Balaban J connectivity index is 1.94. The molecule has 27 heavy (non-hydrogen) atoms. The molecule has 2 amide bonds. The minimum absolute atomic E-state index is 0.0212. The van der Waals surface area contributed by atoms with Gasteiger partial charge in [-0.05, 0) is 24.3 Å². The van der Waals surface area contributed by atoms with E-state index >= 15 is 0 Å². The van der Waals surface area contributed by atoms with Crippen LogP contribution in [0.1, 0.15) is 17.3 Å². The van der Waals surface area contributed by atoms with Crippen molar-refractivity contribution < 1.29 is 19.5 Å². The van der Waals surface area contributed by atoms with Crippen molar-refractivity contribution in [2.45, 2.75) is 13.0 Å². The molecule has 2 aromatic rings. The molecule has 0 radical (unpaired) electrons. The molecule has 0 bridgehead atoms. The Kier molecular flexibility index (Phi) is 5.02. The number of carbonyl (C=O) groups is 3. The molecule has 0 aliphatic carbocycles. The molecule has 2 aromatic carbocycles. The number of anilines is 1. The molecule has 0 aromatic heterocycles. The van der Waals surface area contributed by atoms with Crippen molar-refractivity contribution in [3.63, 3.8) is 0 Å². The Labute approximate surface area is 154 Å². The van der Waals surface area contributed by atoms with Crippen LogP contribution in [0.2, 0.25) is 0 Å². The number of amidine groups is 1. The Morgan fingerprint density at radius 1 is 1.11 bits per heavy atom. The summed E-state index contributed by atoms with van der Waals surface area (Å²) in [4.78, 5) is 35.4. The van der Waals surface area contributed by atoms with Gasteiger partial charge in [0, 0.05) is 6.92 Å². The van der Waals surface area contributed by atoms with Crippen LogP contribution in [0, 0.1) is 0 Å². The summed E-state index contributed by atoms with van der Waals surface area (Å²) >= 11 is 0. The van der Waals surface area contributed by atoms with Gasteiger partial charge >= 0.3 is 5.97 Å². The second-order valence-electron chi connectivity index (χ2n) is 5.59. The van der Waals surface area contributed by atoms with Gasteiger partial charge in [-0.2, -0.15) is 15.2 Å². The van der Waals surface area contributed by atoms with Crippen LogP contribution in [-0.2, 0) is 9.59 Å². The summed E-state index contributed by atoms with van der Waals surface area (Å²) in [5.41, 5.74) is 0.553. The van der Waals surface area contributed by atoms with E-state index in [0.29, 0.717) is 5.69 Å². The van der Waals surface area contributed by atoms with Crippen LogP contribution in [-0.4, -0.2) is 34.8 Å². The van der Waals surface area contributed by atoms with Gasteiger partial charge in [-0.15, -0.1) is 5.10 Å². The smallest absolute Gasteiger partial charge is 0.337 e. The Hall–Kier alpha value is -3.88. The van der Waals surface area contributed by atoms with Gasteiger partial charge in [0.25, 0.3) is 5.91 Å². The lowest BCUT2D eigenvalue weighted by atomic mass is 10.2. The van der Waals surface area contributed by atoms with Crippen LogP contribution >= 0.6 is 0 Å². The van der Waals surface area contributed by atoms with Gasteiger partial charge in [-0.3, -0.25) is 9.59 Å². The molecule has 1 aliphatic rings. The largest absolute Gasteiger partial charge is 0.478 e. The van der Waals surface area contributed by atoms with Crippen molar-refractivity contribution in [1.29, 1.82) is 0 Å². The minimum Gasteiger partial charge on any atom is -0.478 e. The van der Waals surface area contributed by atoms with Gasteiger partial charge in [0.1, 0.15) is 0 Å². The predicted molar refractivity (Wildman–Crippen MR) is 96.9 cm³/mol. The van der Waals surface area contributed by atoms with E-state index in [1.807, 2.05) is 0 Å². The molecule has 0 saturated heterocycles. The number of hydrogen-bond acceptors (Lipinski definition) is 6. The van der Waals surface area contributed by atoms with Crippen molar-refractivity contribution in [3.8, 4) is 0 Å². The maximum Gasteiger partial charge on any atom is 0.337 e. The van der Waals surface area contributed by atoms with E-state index in [2.05, 4.69) is 20.6 Å². The molecule has 0 saturated carbocycles. The number of carboxylic acids is 1. The zero-order valence-electron chi connectivity index (χ0n) is 14.2. The van der Waals surface area contributed by atoms with Crippen LogP contribution in [0.5, 0.6) is 0 Å². The molecular formula is C18H15N5O4. The predicted octanol–water partition coefficient (Wildman–Crippen LogP) is 2.33. The molecule has 3 rings (SSSR count). The number of carbonyl (C=O) groups excluding carboxylic acids is 2. The van der Waals surface area contributed by atoms with Crippen LogP contribution in [0.3, 0.4) is 0 Å². The van der Waals surface area contributed by atoms with Crippen molar-refractivity contribution in [2.75, 3.05) is 5.01 Å². The summed E-state index contributed by atoms with van der Waals surface area (Å²) in [6, 6.07) is 13.5. The van der Waals surface area contributed by atoms with Gasteiger partial charge in [0.15, 0.2) is 5.84 Å². The first-order valence-electron chi connectivity index (χ1n) is 7.95. The summed E-state index contributed by atoms with van der Waals surface area (Å²) < 4.78 is 0. The molecule has 0 unspecified atom stereocenters. The van der Waals surface area contributed by atoms with Crippen molar-refractivity contribution in [2.24, 2.45) is 15.3 Å². The number of azo groups is 1. The molecule has 9 nitrogen and oxygen atoms in total. The quantitative estimate of drug-likeness (QED) is 0.807. The van der Waals surface area contributed by atoms with Crippen molar-refractivity contribution >= 4 is 35.0 Å². The van der Waals surface area contributed by atoms with E-state index in [9.17, 15) is 19.5 Å². The van der Waals surface area contributed by atoms with E-state index < -0.39 is 23.8 Å². The molecule has 2 N–H and O–H groups in total. The highest BCUT2D eigenvalue weighted by molar-refractivity contribution is 6.21. The molecule has 9 heteroatoms. The summed E-state index contributed by atoms with van der Waals surface area (Å²) in [7, 11) is 0. The standard InChI is InChI=1S/C18H15N5O4/c1-11(24)19-16-15(17(25)23(22-16)12-7-3-2-4-8-12)21-20-14-10-6-5-9-13(14)18(26)27/h2-10,15H,1H3,(H,26,27)(H,19,22,24)/t15-/m1/s1. The normalized spacial score (nSPS) is 16.5. The third-order valence-electron chi connectivity index (χ3n) is 3.63. The lowest BCUT2D eigenvalue weighted by molar-refractivity contribution is -0.117. The SMILES string of the molecule is CC(=O)NC1=NN(c2ccccc2)C(=O)[C@@H]1N=Nc1ccccc1C(=O)O. The van der Waals surface area contributed by atoms with E-state index in [4.69, 9.17) is 0 Å². The van der Waals surface area contributed by atoms with Crippen molar-refractivity contribution in [1.82, 2.24) is 5.32 Å². The van der Waals surface area contributed by atoms with E-state index in [1.54, 1.807) is 42.5 Å². The van der Waals surface area contributed by atoms with Crippen LogP contribution in [0.25, 0.3) is 0 Å². The fraction of sp³-hybridized carbons (Fsp3) is 0.111. The van der Waals surface area contributed by atoms with Gasteiger partial charge in [0.2, 0.25) is 11.9 Å². The van der Waals surface area contributed by atoms with Gasteiger partial charge in [-0.25, -0.2) is 4.79 Å². The third kappa shape index (κ3) is 3.87. The number of benzene rings is 2. The molecule has 1 heterocycles. The highest BCUT2D eigenvalue weighted by Gasteiger charge is 2.38. The van der Waals surface area contributed by atoms with Crippen LogP contribution in [0.4, 0.5) is 11.4 Å². The second kappa shape index (κ2) is 7.56. The molecule has 0 spiro atoms. The summed E-state index contributed by atoms with van der Waals surface area (Å²) in [6.07, 6.45) is 0. The number of carboxylic acid groups (broad SMARTS) is 1. The lowest BCUT2D eigenvalue weighted by Crippen LogP contribution is -2.38. The summed E-state index contributed by atoms with van der Waals surface area (Å²) in [5, 5.41) is 24.8.